The number of benzene rings is 1. The molecule has 2 N–H and O–H groups in total. The van der Waals surface area contributed by atoms with Crippen molar-refractivity contribution in [2.24, 2.45) is 5.73 Å². The molecule has 0 saturated heterocycles. The van der Waals surface area contributed by atoms with Crippen molar-refractivity contribution in [2.45, 2.75) is 39.3 Å². The molecule has 0 aliphatic carbocycles. The van der Waals surface area contributed by atoms with Crippen LogP contribution in [-0.2, 0) is 13.0 Å². The largest absolute Gasteiger partial charge is 0.488 e. The molecule has 3 nitrogen and oxygen atoms in total. The zero-order chi connectivity index (χ0) is 14.5. The lowest BCUT2D eigenvalue weighted by Gasteiger charge is -2.12. The van der Waals surface area contributed by atoms with Crippen LogP contribution in [0.5, 0.6) is 5.75 Å². The molecule has 0 fully saturated rings. The molecule has 0 aliphatic heterocycles. The van der Waals surface area contributed by atoms with Crippen LogP contribution in [0.1, 0.15) is 28.8 Å². The average Bonchev–Trinajstić information content (AvgIpc) is 2.85. The normalized spacial score (nSPS) is 12.4. The zero-order valence-corrected chi connectivity index (χ0v) is 14.1. The number of hydrogen-bond donors (Lipinski definition) is 1. The van der Waals surface area contributed by atoms with Crippen LogP contribution in [0.4, 0.5) is 0 Å². The van der Waals surface area contributed by atoms with Crippen LogP contribution in [-0.4, -0.2) is 11.0 Å². The van der Waals surface area contributed by atoms with E-state index in [0.29, 0.717) is 6.61 Å². The van der Waals surface area contributed by atoms with Gasteiger partial charge in [-0.25, -0.2) is 4.98 Å². The Kier molecular flexibility index (Phi) is 5.57. The summed E-state index contributed by atoms with van der Waals surface area (Å²) in [6.07, 6.45) is 3.69. The highest BCUT2D eigenvalue weighted by Crippen LogP contribution is 2.25. The monoisotopic (exact) mass is 354 g/mol. The first-order chi connectivity index (χ1) is 9.58. The fourth-order valence-electron chi connectivity index (χ4n) is 1.85. The van der Waals surface area contributed by atoms with Crippen molar-refractivity contribution in [2.75, 3.05) is 0 Å². The molecule has 1 heterocycles. The lowest BCUT2D eigenvalue weighted by Crippen LogP contribution is -2.21. The van der Waals surface area contributed by atoms with E-state index < -0.39 is 0 Å². The highest BCUT2D eigenvalue weighted by atomic mass is 79.9. The van der Waals surface area contributed by atoms with E-state index in [0.717, 1.165) is 32.9 Å². The van der Waals surface area contributed by atoms with Crippen molar-refractivity contribution >= 4 is 27.3 Å². The van der Waals surface area contributed by atoms with E-state index in [9.17, 15) is 0 Å². The molecule has 108 valence electrons. The van der Waals surface area contributed by atoms with Crippen molar-refractivity contribution in [1.82, 2.24) is 4.98 Å². The number of nitrogens with zero attached hydrogens (tertiary/aromatic N) is 1. The summed E-state index contributed by atoms with van der Waals surface area (Å²) in [5.74, 6) is 0.873. The van der Waals surface area contributed by atoms with Crippen molar-refractivity contribution in [3.63, 3.8) is 0 Å². The van der Waals surface area contributed by atoms with Gasteiger partial charge in [-0.1, -0.05) is 22.9 Å². The van der Waals surface area contributed by atoms with Crippen LogP contribution in [0.2, 0.25) is 0 Å². The smallest absolute Gasteiger partial charge is 0.124 e. The summed E-state index contributed by atoms with van der Waals surface area (Å²) >= 11 is 5.23. The van der Waals surface area contributed by atoms with Crippen molar-refractivity contribution in [3.8, 4) is 5.75 Å². The molecule has 0 radical (unpaired) electrons. The van der Waals surface area contributed by atoms with E-state index in [2.05, 4.69) is 33.9 Å². The van der Waals surface area contributed by atoms with Crippen LogP contribution >= 0.6 is 27.3 Å². The molecule has 0 aliphatic rings. The summed E-state index contributed by atoms with van der Waals surface area (Å²) in [5.41, 5.74) is 7.22. The molecule has 2 aromatic rings. The van der Waals surface area contributed by atoms with Crippen molar-refractivity contribution in [1.29, 1.82) is 0 Å². The quantitative estimate of drug-likeness (QED) is 0.850. The number of aromatic nitrogens is 1. The second-order valence-corrected chi connectivity index (χ2v) is 6.93. The summed E-state index contributed by atoms with van der Waals surface area (Å²) < 4.78 is 6.91. The third kappa shape index (κ3) is 4.30. The number of ether oxygens (including phenoxy) is 1. The number of rotatable bonds is 6. The second-order valence-electron chi connectivity index (χ2n) is 4.76. The Bertz CT molecular complexity index is 571. The van der Waals surface area contributed by atoms with Gasteiger partial charge in [-0.05, 0) is 43.5 Å². The summed E-state index contributed by atoms with van der Waals surface area (Å²) in [7, 11) is 0. The molecule has 1 unspecified atom stereocenters. The van der Waals surface area contributed by atoms with Gasteiger partial charge in [0.05, 0.1) is 9.88 Å². The molecule has 1 aromatic heterocycles. The Morgan fingerprint density at radius 1 is 1.45 bits per heavy atom. The molecule has 1 aromatic carbocycles. The van der Waals surface area contributed by atoms with Crippen molar-refractivity contribution < 1.29 is 4.74 Å². The zero-order valence-electron chi connectivity index (χ0n) is 11.7. The fourth-order valence-corrected chi connectivity index (χ4v) is 2.97. The molecular formula is C15H19BrN2OS. The molecule has 2 rings (SSSR count). The van der Waals surface area contributed by atoms with E-state index in [4.69, 9.17) is 10.5 Å². The number of aryl methyl sites for hydroxylation is 1. The minimum absolute atomic E-state index is 0.186. The Morgan fingerprint density at radius 2 is 2.25 bits per heavy atom. The van der Waals surface area contributed by atoms with Crippen LogP contribution < -0.4 is 10.5 Å². The maximum Gasteiger partial charge on any atom is 0.124 e. The molecule has 1 atom stereocenters. The molecule has 20 heavy (non-hydrogen) atoms. The minimum atomic E-state index is 0.186. The number of halogens is 1. The first kappa shape index (κ1) is 15.5. The van der Waals surface area contributed by atoms with Crippen LogP contribution in [0.15, 0.2) is 28.9 Å². The second kappa shape index (κ2) is 7.20. The molecular weight excluding hydrogens is 336 g/mol. The van der Waals surface area contributed by atoms with E-state index >= 15 is 0 Å². The summed E-state index contributed by atoms with van der Waals surface area (Å²) in [6.45, 7) is 4.66. The predicted molar refractivity (Wildman–Crippen MR) is 87.3 cm³/mol. The molecule has 5 heteroatoms. The van der Waals surface area contributed by atoms with Gasteiger partial charge in [0.2, 0.25) is 0 Å². The number of nitrogens with two attached hydrogens (primary N) is 1. The number of hydrogen-bond acceptors (Lipinski definition) is 4. The molecule has 0 amide bonds. The van der Waals surface area contributed by atoms with E-state index in [1.165, 1.54) is 5.56 Å². The van der Waals surface area contributed by atoms with Gasteiger partial charge in [-0.3, -0.25) is 0 Å². The first-order valence-electron chi connectivity index (χ1n) is 6.66. The lowest BCUT2D eigenvalue weighted by atomic mass is 10.0. The summed E-state index contributed by atoms with van der Waals surface area (Å²) in [4.78, 5) is 5.36. The van der Waals surface area contributed by atoms with Gasteiger partial charge >= 0.3 is 0 Å². The van der Waals surface area contributed by atoms with Gasteiger partial charge < -0.3 is 10.5 Å². The first-order valence-corrected chi connectivity index (χ1v) is 8.27. The Hall–Kier alpha value is -0.910. The minimum Gasteiger partial charge on any atom is -0.488 e. The van der Waals surface area contributed by atoms with E-state index in [1.807, 2.05) is 25.3 Å². The van der Waals surface area contributed by atoms with Gasteiger partial charge in [0, 0.05) is 16.7 Å². The van der Waals surface area contributed by atoms with Gasteiger partial charge in [0.15, 0.2) is 0 Å². The van der Waals surface area contributed by atoms with Crippen LogP contribution in [0.3, 0.4) is 0 Å². The SMILES string of the molecule is CCC(N)Cc1cc(OCc2cnc(C)s2)ccc1Br. The Morgan fingerprint density at radius 3 is 2.90 bits per heavy atom. The Labute approximate surface area is 132 Å². The maximum atomic E-state index is 6.02. The van der Waals surface area contributed by atoms with Gasteiger partial charge in [-0.2, -0.15) is 0 Å². The number of thiazole rings is 1. The summed E-state index contributed by atoms with van der Waals surface area (Å²) in [6, 6.07) is 6.24. The van der Waals surface area contributed by atoms with Crippen molar-refractivity contribution in [3.05, 3.63) is 44.3 Å². The lowest BCUT2D eigenvalue weighted by molar-refractivity contribution is 0.309. The summed E-state index contributed by atoms with van der Waals surface area (Å²) in [5, 5.41) is 1.06. The van der Waals surface area contributed by atoms with Gasteiger partial charge in [0.1, 0.15) is 12.4 Å². The van der Waals surface area contributed by atoms with Gasteiger partial charge in [-0.15, -0.1) is 11.3 Å². The van der Waals surface area contributed by atoms with E-state index in [-0.39, 0.29) is 6.04 Å². The van der Waals surface area contributed by atoms with Crippen LogP contribution in [0, 0.1) is 6.92 Å². The topological polar surface area (TPSA) is 48.1 Å². The maximum absolute atomic E-state index is 6.02. The predicted octanol–water partition coefficient (Wildman–Crippen LogP) is 4.07. The third-order valence-corrected chi connectivity index (χ3v) is 4.73. The molecule has 0 spiro atoms. The average molecular weight is 355 g/mol. The Balaban J connectivity index is 2.03. The highest BCUT2D eigenvalue weighted by molar-refractivity contribution is 9.10. The highest BCUT2D eigenvalue weighted by Gasteiger charge is 2.08. The van der Waals surface area contributed by atoms with Crippen LogP contribution in [0.25, 0.3) is 0 Å². The van der Waals surface area contributed by atoms with E-state index in [1.54, 1.807) is 11.3 Å². The van der Waals surface area contributed by atoms with Gasteiger partial charge in [0.25, 0.3) is 0 Å². The molecule has 0 saturated carbocycles. The standard InChI is InChI=1S/C15H19BrN2OS/c1-3-12(17)6-11-7-13(4-5-15(11)16)19-9-14-8-18-10(2)20-14/h4-5,7-8,12H,3,6,9,17H2,1-2H3. The molecule has 0 bridgehead atoms. The fraction of sp³-hybridized carbons (Fsp3) is 0.400. The third-order valence-electron chi connectivity index (χ3n) is 3.07.